The Hall–Kier alpha value is -2.47. The van der Waals surface area contributed by atoms with Crippen LogP contribution in [0.15, 0.2) is 34.3 Å². The van der Waals surface area contributed by atoms with Crippen LogP contribution in [0.5, 0.6) is 0 Å². The first kappa shape index (κ1) is 20.8. The van der Waals surface area contributed by atoms with E-state index in [0.717, 1.165) is 0 Å². The molecule has 27 heavy (non-hydrogen) atoms. The summed E-state index contributed by atoms with van der Waals surface area (Å²) in [4.78, 5) is 21.0. The molecule has 2 rings (SSSR count). The quantitative estimate of drug-likeness (QED) is 0.250. The number of pyridine rings is 1. The number of hydrogen-bond acceptors (Lipinski definition) is 6. The molecule has 0 saturated heterocycles. The molecule has 0 radical (unpaired) electrons. The van der Waals surface area contributed by atoms with E-state index in [2.05, 4.69) is 20.2 Å². The highest BCUT2D eigenvalue weighted by atomic mass is 35.5. The lowest BCUT2D eigenvalue weighted by Crippen LogP contribution is -2.50. The van der Waals surface area contributed by atoms with Crippen LogP contribution in [-0.4, -0.2) is 36.5 Å². The van der Waals surface area contributed by atoms with Crippen molar-refractivity contribution in [1.82, 2.24) is 15.2 Å². The van der Waals surface area contributed by atoms with Gasteiger partial charge in [-0.2, -0.15) is 4.99 Å². The number of fused-ring (bicyclic) bond motifs is 1. The van der Waals surface area contributed by atoms with Crippen LogP contribution in [0.4, 0.5) is 5.82 Å². The lowest BCUT2D eigenvalue weighted by atomic mass is 10.1. The third-order valence-electron chi connectivity index (χ3n) is 3.62. The molecular formula is C15H19ClN6O4S. The van der Waals surface area contributed by atoms with Crippen molar-refractivity contribution in [2.24, 2.45) is 22.4 Å². The second kappa shape index (κ2) is 8.05. The van der Waals surface area contributed by atoms with Crippen LogP contribution in [0.3, 0.4) is 0 Å². The summed E-state index contributed by atoms with van der Waals surface area (Å²) >= 11 is 6.09. The van der Waals surface area contributed by atoms with E-state index in [0.29, 0.717) is 15.8 Å². The van der Waals surface area contributed by atoms with E-state index in [9.17, 15) is 13.2 Å². The van der Waals surface area contributed by atoms with E-state index < -0.39 is 22.0 Å². The number of carboxylic acids is 1. The number of benzene rings is 1. The number of nitrogens with zero attached hydrogens (tertiary/aromatic N) is 2. The van der Waals surface area contributed by atoms with Crippen molar-refractivity contribution in [3.05, 3.63) is 29.4 Å². The fourth-order valence-corrected chi connectivity index (χ4v) is 3.40. The number of hydrazine groups is 1. The highest BCUT2D eigenvalue weighted by molar-refractivity contribution is 7.89. The number of nitrogens with two attached hydrogens (primary N) is 2. The fraction of sp³-hybridized carbons (Fsp3) is 0.267. The maximum Gasteiger partial charge on any atom is 0.322 e. The van der Waals surface area contributed by atoms with Gasteiger partial charge in [0.2, 0.25) is 0 Å². The zero-order valence-corrected chi connectivity index (χ0v) is 16.0. The van der Waals surface area contributed by atoms with Gasteiger partial charge in [-0.1, -0.05) is 31.5 Å². The number of carbonyl (C=O) groups is 1. The van der Waals surface area contributed by atoms with Crippen LogP contribution in [-0.2, 0) is 14.8 Å². The molecule has 0 saturated carbocycles. The predicted molar refractivity (Wildman–Crippen MR) is 102 cm³/mol. The van der Waals surface area contributed by atoms with E-state index in [1.165, 1.54) is 24.4 Å². The number of halogens is 1. The van der Waals surface area contributed by atoms with E-state index in [1.54, 1.807) is 13.8 Å². The molecule has 2 aromatic rings. The topological polar surface area (TPSA) is 173 Å². The fourth-order valence-electron chi connectivity index (χ4n) is 2.27. The number of aliphatic carboxylic acids is 1. The smallest absolute Gasteiger partial charge is 0.322 e. The Balaban J connectivity index is 2.45. The second-order valence-corrected chi connectivity index (χ2v) is 8.07. The van der Waals surface area contributed by atoms with Gasteiger partial charge in [0.05, 0.1) is 9.92 Å². The first-order valence-corrected chi connectivity index (χ1v) is 9.57. The second-order valence-electron chi connectivity index (χ2n) is 5.98. The van der Waals surface area contributed by atoms with Gasteiger partial charge < -0.3 is 16.6 Å². The Kier molecular flexibility index (Phi) is 6.21. The minimum atomic E-state index is -4.08. The first-order chi connectivity index (χ1) is 12.5. The molecule has 146 valence electrons. The van der Waals surface area contributed by atoms with Gasteiger partial charge >= 0.3 is 5.97 Å². The van der Waals surface area contributed by atoms with E-state index in [4.69, 9.17) is 28.2 Å². The molecule has 1 atom stereocenters. The largest absolute Gasteiger partial charge is 0.480 e. The maximum absolute atomic E-state index is 12.5. The monoisotopic (exact) mass is 414 g/mol. The molecule has 0 bridgehead atoms. The van der Waals surface area contributed by atoms with Gasteiger partial charge in [0.25, 0.3) is 10.0 Å². The summed E-state index contributed by atoms with van der Waals surface area (Å²) in [6.45, 7) is 3.29. The Morgan fingerprint density at radius 2 is 1.96 bits per heavy atom. The molecule has 1 heterocycles. The molecule has 12 heteroatoms. The zero-order valence-electron chi connectivity index (χ0n) is 14.5. The van der Waals surface area contributed by atoms with Gasteiger partial charge in [-0.15, -0.1) is 4.83 Å². The molecule has 0 amide bonds. The van der Waals surface area contributed by atoms with E-state index in [-0.39, 0.29) is 22.6 Å². The summed E-state index contributed by atoms with van der Waals surface area (Å²) < 4.78 is 25.1. The van der Waals surface area contributed by atoms with Crippen molar-refractivity contribution in [3.63, 3.8) is 0 Å². The summed E-state index contributed by atoms with van der Waals surface area (Å²) in [7, 11) is -4.08. The lowest BCUT2D eigenvalue weighted by Gasteiger charge is -2.18. The van der Waals surface area contributed by atoms with Gasteiger partial charge in [0, 0.05) is 17.0 Å². The summed E-state index contributed by atoms with van der Waals surface area (Å²) in [6, 6.07) is 3.00. The molecule has 0 unspecified atom stereocenters. The third kappa shape index (κ3) is 4.83. The van der Waals surface area contributed by atoms with Crippen molar-refractivity contribution in [2.45, 2.75) is 24.8 Å². The number of nitrogens with one attached hydrogen (secondary N) is 2. The molecule has 0 aliphatic rings. The molecule has 0 fully saturated rings. The van der Waals surface area contributed by atoms with Crippen LogP contribution in [0.2, 0.25) is 5.02 Å². The van der Waals surface area contributed by atoms with Crippen molar-refractivity contribution in [1.29, 1.82) is 0 Å². The number of aromatic nitrogens is 1. The van der Waals surface area contributed by atoms with E-state index >= 15 is 0 Å². The summed E-state index contributed by atoms with van der Waals surface area (Å²) in [5.41, 5.74) is 13.1. The summed E-state index contributed by atoms with van der Waals surface area (Å²) in [5.74, 6) is -1.68. The first-order valence-electron chi connectivity index (χ1n) is 7.71. The molecule has 7 N–H and O–H groups in total. The van der Waals surface area contributed by atoms with Gasteiger partial charge in [-0.3, -0.25) is 4.79 Å². The number of aliphatic imine (C=N–C) groups is 1. The number of carboxylic acid groups (broad SMARTS) is 1. The Morgan fingerprint density at radius 1 is 1.30 bits per heavy atom. The van der Waals surface area contributed by atoms with Crippen molar-refractivity contribution < 1.29 is 18.3 Å². The highest BCUT2D eigenvalue weighted by Gasteiger charge is 2.24. The van der Waals surface area contributed by atoms with Gasteiger partial charge in [-0.25, -0.2) is 18.8 Å². The Labute approximate surface area is 160 Å². The average molecular weight is 415 g/mol. The van der Waals surface area contributed by atoms with Crippen LogP contribution < -0.4 is 21.7 Å². The van der Waals surface area contributed by atoms with Crippen molar-refractivity contribution in [2.75, 3.05) is 0 Å². The number of guanidine groups is 1. The standard InChI is InChI=1S/C15H19ClN6O4S/c1-7(2)12(14(23)24)21-22-27(25,26)8-3-4-9-10(5-8)13(20-15(17)18)19-6-11(9)16/h3-7,12,21-22H,1-2H3,(H,23,24)(H4,17,18,19,20)/t12-/m1/s1. The normalized spacial score (nSPS) is 12.9. The van der Waals surface area contributed by atoms with Crippen LogP contribution >= 0.6 is 11.6 Å². The molecule has 0 aliphatic heterocycles. The summed E-state index contributed by atoms with van der Waals surface area (Å²) in [6.07, 6.45) is 1.35. The van der Waals surface area contributed by atoms with Crippen molar-refractivity contribution in [3.8, 4) is 0 Å². The highest BCUT2D eigenvalue weighted by Crippen LogP contribution is 2.31. The lowest BCUT2D eigenvalue weighted by molar-refractivity contribution is -0.140. The summed E-state index contributed by atoms with van der Waals surface area (Å²) in [5, 5.41) is 10.3. The third-order valence-corrected chi connectivity index (χ3v) is 5.18. The van der Waals surface area contributed by atoms with Gasteiger partial charge in [0.1, 0.15) is 6.04 Å². The molecule has 10 nitrogen and oxygen atoms in total. The van der Waals surface area contributed by atoms with Crippen LogP contribution in [0.1, 0.15) is 13.8 Å². The molecule has 1 aromatic carbocycles. The number of hydrogen-bond donors (Lipinski definition) is 5. The maximum atomic E-state index is 12.5. The van der Waals surface area contributed by atoms with Gasteiger partial charge in [0.15, 0.2) is 11.8 Å². The minimum Gasteiger partial charge on any atom is -0.480 e. The van der Waals surface area contributed by atoms with Crippen LogP contribution in [0, 0.1) is 5.92 Å². The minimum absolute atomic E-state index is 0.102. The Bertz CT molecular complexity index is 1000. The molecule has 0 spiro atoms. The van der Waals surface area contributed by atoms with Crippen LogP contribution in [0.25, 0.3) is 10.8 Å². The van der Waals surface area contributed by atoms with Gasteiger partial charge in [-0.05, 0) is 18.1 Å². The predicted octanol–water partition coefficient (Wildman–Crippen LogP) is 0.685. The number of rotatable bonds is 7. The average Bonchev–Trinajstić information content (AvgIpc) is 2.56. The van der Waals surface area contributed by atoms with E-state index in [1.807, 2.05) is 0 Å². The zero-order chi connectivity index (χ0) is 20.4. The molecule has 1 aromatic heterocycles. The Morgan fingerprint density at radius 3 is 2.52 bits per heavy atom. The molecule has 0 aliphatic carbocycles. The number of sulfonamides is 1. The SMILES string of the molecule is CC(C)[C@@H](NNS(=O)(=O)c1ccc2c(Cl)cnc(N=C(N)N)c2c1)C(=O)O. The van der Waals surface area contributed by atoms with Crippen molar-refractivity contribution >= 4 is 50.1 Å². The molecular weight excluding hydrogens is 396 g/mol.